The second-order valence-corrected chi connectivity index (χ2v) is 6.88. The highest BCUT2D eigenvalue weighted by Crippen LogP contribution is 2.28. The van der Waals surface area contributed by atoms with Crippen molar-refractivity contribution in [3.63, 3.8) is 0 Å². The number of aromatic nitrogens is 4. The summed E-state index contributed by atoms with van der Waals surface area (Å²) in [7, 11) is 0. The molecule has 4 heterocycles. The van der Waals surface area contributed by atoms with Crippen LogP contribution in [0.4, 0.5) is 5.69 Å². The number of furan rings is 1. The van der Waals surface area contributed by atoms with Gasteiger partial charge in [-0.25, -0.2) is 9.67 Å². The highest BCUT2D eigenvalue weighted by molar-refractivity contribution is 6.13. The lowest BCUT2D eigenvalue weighted by atomic mass is 10.1. The zero-order chi connectivity index (χ0) is 20.7. The summed E-state index contributed by atoms with van der Waals surface area (Å²) in [6, 6.07) is 14.6. The Morgan fingerprint density at radius 1 is 1.10 bits per heavy atom. The van der Waals surface area contributed by atoms with Crippen LogP contribution in [0, 0.1) is 13.8 Å². The number of amides is 1. The normalized spacial score (nSPS) is 11.1. The maximum Gasteiger partial charge on any atom is 0.259 e. The van der Waals surface area contributed by atoms with E-state index in [1.165, 1.54) is 0 Å². The first-order chi connectivity index (χ1) is 14.6. The van der Waals surface area contributed by atoms with Crippen LogP contribution >= 0.6 is 0 Å². The van der Waals surface area contributed by atoms with Gasteiger partial charge in [0.2, 0.25) is 0 Å². The van der Waals surface area contributed by atoms with Crippen molar-refractivity contribution in [2.24, 2.45) is 0 Å². The second-order valence-electron chi connectivity index (χ2n) is 6.88. The van der Waals surface area contributed by atoms with Gasteiger partial charge < -0.3 is 14.3 Å². The van der Waals surface area contributed by atoms with Crippen LogP contribution in [0.5, 0.6) is 0 Å². The molecular formula is C22H17N5O3. The van der Waals surface area contributed by atoms with Crippen molar-refractivity contribution in [3.8, 4) is 17.1 Å². The molecule has 0 aliphatic rings. The number of hydrogen-bond donors (Lipinski definition) is 1. The fraction of sp³-hybridized carbons (Fsp3) is 0.0909. The van der Waals surface area contributed by atoms with Crippen molar-refractivity contribution in [3.05, 3.63) is 77.9 Å². The van der Waals surface area contributed by atoms with E-state index in [-0.39, 0.29) is 11.6 Å². The third kappa shape index (κ3) is 3.14. The highest BCUT2D eigenvalue weighted by atomic mass is 16.5. The van der Waals surface area contributed by atoms with Crippen molar-refractivity contribution in [1.29, 1.82) is 0 Å². The number of aryl methyl sites for hydroxylation is 2. The number of rotatable bonds is 4. The minimum absolute atomic E-state index is 0.288. The zero-order valence-electron chi connectivity index (χ0n) is 16.3. The van der Waals surface area contributed by atoms with Gasteiger partial charge in [0.1, 0.15) is 5.69 Å². The van der Waals surface area contributed by atoms with Gasteiger partial charge in [-0.15, -0.1) is 0 Å². The van der Waals surface area contributed by atoms with E-state index < -0.39 is 0 Å². The number of pyridine rings is 1. The molecule has 4 aromatic heterocycles. The molecule has 0 radical (unpaired) electrons. The topological polar surface area (TPSA) is 99.0 Å². The summed E-state index contributed by atoms with van der Waals surface area (Å²) >= 11 is 0. The van der Waals surface area contributed by atoms with Crippen LogP contribution in [0.2, 0.25) is 0 Å². The van der Waals surface area contributed by atoms with Crippen LogP contribution in [-0.4, -0.2) is 25.8 Å². The molecule has 1 amide bonds. The van der Waals surface area contributed by atoms with Gasteiger partial charge in [-0.3, -0.25) is 4.79 Å². The Morgan fingerprint density at radius 2 is 1.93 bits per heavy atom. The van der Waals surface area contributed by atoms with Crippen LogP contribution in [0.25, 0.3) is 28.2 Å². The van der Waals surface area contributed by atoms with Crippen LogP contribution < -0.4 is 5.32 Å². The number of carbonyl (C=O) groups excluding carboxylic acids is 1. The predicted octanol–water partition coefficient (Wildman–Crippen LogP) is 4.54. The first-order valence-corrected chi connectivity index (χ1v) is 9.33. The Labute approximate surface area is 171 Å². The molecule has 148 valence electrons. The van der Waals surface area contributed by atoms with Crippen molar-refractivity contribution in [2.75, 3.05) is 5.32 Å². The smallest absolute Gasteiger partial charge is 0.259 e. The van der Waals surface area contributed by atoms with E-state index in [9.17, 15) is 4.79 Å². The van der Waals surface area contributed by atoms with Crippen LogP contribution in [0.15, 0.2) is 69.9 Å². The number of carbonyl (C=O) groups is 1. The largest absolute Gasteiger partial charge is 0.463 e. The SMILES string of the molecule is Cc1ccn(-c2ccc(NC(=O)c3cc(-c4ccco4)nc4onc(C)c34)cc2)n1. The molecule has 1 aromatic carbocycles. The van der Waals surface area contributed by atoms with Crippen LogP contribution in [0.3, 0.4) is 0 Å². The molecule has 0 unspecified atom stereocenters. The molecule has 8 nitrogen and oxygen atoms in total. The Hall–Kier alpha value is -4.20. The fourth-order valence-electron chi connectivity index (χ4n) is 3.28. The van der Waals surface area contributed by atoms with Gasteiger partial charge in [0, 0.05) is 11.9 Å². The quantitative estimate of drug-likeness (QED) is 0.476. The van der Waals surface area contributed by atoms with Crippen molar-refractivity contribution in [1.82, 2.24) is 19.9 Å². The summed E-state index contributed by atoms with van der Waals surface area (Å²) in [4.78, 5) is 17.5. The average Bonchev–Trinajstić information content (AvgIpc) is 3.50. The Balaban J connectivity index is 1.48. The van der Waals surface area contributed by atoms with Gasteiger partial charge in [-0.1, -0.05) is 5.16 Å². The number of fused-ring (bicyclic) bond motifs is 1. The first-order valence-electron chi connectivity index (χ1n) is 9.33. The van der Waals surface area contributed by atoms with Crippen LogP contribution in [-0.2, 0) is 0 Å². The molecule has 0 bridgehead atoms. The minimum Gasteiger partial charge on any atom is -0.463 e. The Kier molecular flexibility index (Phi) is 4.17. The molecule has 5 rings (SSSR count). The maximum absolute atomic E-state index is 13.1. The zero-order valence-corrected chi connectivity index (χ0v) is 16.3. The lowest BCUT2D eigenvalue weighted by Crippen LogP contribution is -2.13. The molecule has 30 heavy (non-hydrogen) atoms. The number of anilines is 1. The molecular weight excluding hydrogens is 382 g/mol. The van der Waals surface area contributed by atoms with Crippen molar-refractivity contribution < 1.29 is 13.7 Å². The van der Waals surface area contributed by atoms with Crippen molar-refractivity contribution in [2.45, 2.75) is 13.8 Å². The minimum atomic E-state index is -0.288. The van der Waals surface area contributed by atoms with E-state index in [0.717, 1.165) is 11.4 Å². The number of benzene rings is 1. The van der Waals surface area contributed by atoms with E-state index in [1.807, 2.05) is 43.5 Å². The van der Waals surface area contributed by atoms with E-state index in [0.29, 0.717) is 33.8 Å². The van der Waals surface area contributed by atoms with E-state index >= 15 is 0 Å². The first kappa shape index (κ1) is 17.9. The second kappa shape index (κ2) is 7.00. The number of hydrogen-bond acceptors (Lipinski definition) is 6. The summed E-state index contributed by atoms with van der Waals surface area (Å²) in [5.41, 5.74) is 4.29. The predicted molar refractivity (Wildman–Crippen MR) is 110 cm³/mol. The van der Waals surface area contributed by atoms with E-state index in [2.05, 4.69) is 20.6 Å². The standard InChI is InChI=1S/C22H17N5O3/c1-13-9-10-27(25-13)16-7-5-15(6-8-16)23-21(28)17-12-18(19-4-3-11-29-19)24-22-20(17)14(2)26-30-22/h3-12H,1-2H3,(H,23,28). The molecule has 8 heteroatoms. The van der Waals surface area contributed by atoms with Gasteiger partial charge in [-0.2, -0.15) is 5.10 Å². The van der Waals surface area contributed by atoms with Crippen LogP contribution in [0.1, 0.15) is 21.7 Å². The summed E-state index contributed by atoms with van der Waals surface area (Å²) < 4.78 is 12.5. The summed E-state index contributed by atoms with van der Waals surface area (Å²) in [6.45, 7) is 3.71. The third-order valence-electron chi connectivity index (χ3n) is 4.75. The van der Waals surface area contributed by atoms with Gasteiger partial charge in [0.25, 0.3) is 11.6 Å². The number of nitrogens with zero attached hydrogens (tertiary/aromatic N) is 4. The van der Waals surface area contributed by atoms with E-state index in [1.54, 1.807) is 36.1 Å². The highest BCUT2D eigenvalue weighted by Gasteiger charge is 2.20. The molecule has 0 saturated heterocycles. The molecule has 1 N–H and O–H groups in total. The molecule has 0 spiro atoms. The summed E-state index contributed by atoms with van der Waals surface area (Å²) in [5.74, 6) is 0.253. The maximum atomic E-state index is 13.1. The van der Waals surface area contributed by atoms with Gasteiger partial charge in [0.15, 0.2) is 5.76 Å². The average molecular weight is 399 g/mol. The summed E-state index contributed by atoms with van der Waals surface area (Å²) in [5, 5.41) is 11.8. The molecule has 0 atom stereocenters. The van der Waals surface area contributed by atoms with Gasteiger partial charge in [0.05, 0.1) is 34.3 Å². The monoisotopic (exact) mass is 399 g/mol. The van der Waals surface area contributed by atoms with E-state index in [4.69, 9.17) is 8.94 Å². The van der Waals surface area contributed by atoms with Crippen molar-refractivity contribution >= 4 is 22.7 Å². The molecule has 0 aliphatic heterocycles. The van der Waals surface area contributed by atoms with Gasteiger partial charge >= 0.3 is 0 Å². The molecule has 5 aromatic rings. The lowest BCUT2D eigenvalue weighted by molar-refractivity contribution is 0.102. The molecule has 0 fully saturated rings. The van der Waals surface area contributed by atoms with Gasteiger partial charge in [-0.05, 0) is 62.4 Å². The molecule has 0 aliphatic carbocycles. The Bertz CT molecular complexity index is 1350. The summed E-state index contributed by atoms with van der Waals surface area (Å²) in [6.07, 6.45) is 3.44. The molecule has 0 saturated carbocycles. The Morgan fingerprint density at radius 3 is 2.63 bits per heavy atom. The number of nitrogens with one attached hydrogen (secondary N) is 1. The third-order valence-corrected chi connectivity index (χ3v) is 4.75. The fourth-order valence-corrected chi connectivity index (χ4v) is 3.28. The lowest BCUT2D eigenvalue weighted by Gasteiger charge is -2.08.